The van der Waals surface area contributed by atoms with Crippen LogP contribution in [-0.4, -0.2) is 47.2 Å². The minimum atomic E-state index is -0.854. The lowest BCUT2D eigenvalue weighted by Gasteiger charge is -2.27. The second kappa shape index (κ2) is 7.24. The van der Waals surface area contributed by atoms with Gasteiger partial charge in [-0.1, -0.05) is 0 Å². The van der Waals surface area contributed by atoms with Crippen molar-refractivity contribution in [1.29, 1.82) is 0 Å². The minimum Gasteiger partial charge on any atom is -0.462 e. The highest BCUT2D eigenvalue weighted by Crippen LogP contribution is 2.27. The van der Waals surface area contributed by atoms with Crippen molar-refractivity contribution in [2.45, 2.75) is 33.1 Å². The van der Waals surface area contributed by atoms with E-state index in [0.717, 1.165) is 23.9 Å². The third-order valence-electron chi connectivity index (χ3n) is 4.00. The number of nitrogens with one attached hydrogen (secondary N) is 1. The molecule has 3 amide bonds. The Morgan fingerprint density at radius 1 is 1.17 bits per heavy atom. The molecule has 5 N–H and O–H groups in total. The van der Waals surface area contributed by atoms with Gasteiger partial charge in [-0.3, -0.25) is 4.79 Å². The summed E-state index contributed by atoms with van der Waals surface area (Å²) < 4.78 is 6.18. The maximum absolute atomic E-state index is 12.9. The topological polar surface area (TPSA) is 133 Å². The first-order valence-electron chi connectivity index (χ1n) is 7.92. The number of piperidine rings is 1. The summed E-state index contributed by atoms with van der Waals surface area (Å²) in [4.78, 5) is 38.0. The predicted octanol–water partition coefficient (Wildman–Crippen LogP) is 0.804. The summed E-state index contributed by atoms with van der Waals surface area (Å²) in [6.45, 7) is 4.60. The molecular formula is C15H23N5O4. The second-order valence-corrected chi connectivity index (χ2v) is 5.61. The Labute approximate surface area is 139 Å². The number of primary amides is 1. The van der Waals surface area contributed by atoms with Gasteiger partial charge in [0, 0.05) is 13.1 Å². The van der Waals surface area contributed by atoms with E-state index in [0.29, 0.717) is 18.8 Å². The number of ether oxygens (including phenoxy) is 1. The predicted molar refractivity (Wildman–Crippen MR) is 88.2 cm³/mol. The van der Waals surface area contributed by atoms with E-state index >= 15 is 0 Å². The highest BCUT2D eigenvalue weighted by molar-refractivity contribution is 6.10. The van der Waals surface area contributed by atoms with Gasteiger partial charge in [0.05, 0.1) is 23.4 Å². The zero-order chi connectivity index (χ0) is 17.9. The van der Waals surface area contributed by atoms with Crippen molar-refractivity contribution in [1.82, 2.24) is 9.58 Å². The Kier molecular flexibility index (Phi) is 5.32. The number of nitrogens with zero attached hydrogens (tertiary/aromatic N) is 2. The molecule has 1 fully saturated rings. The lowest BCUT2D eigenvalue weighted by Crippen LogP contribution is -2.36. The van der Waals surface area contributed by atoms with E-state index < -0.39 is 12.0 Å². The first kappa shape index (κ1) is 17.6. The average Bonchev–Trinajstić information content (AvgIpc) is 2.79. The van der Waals surface area contributed by atoms with E-state index in [1.54, 1.807) is 18.7 Å². The molecule has 0 aromatic carbocycles. The van der Waals surface area contributed by atoms with Crippen LogP contribution < -0.4 is 16.9 Å². The van der Waals surface area contributed by atoms with Gasteiger partial charge in [-0.2, -0.15) is 0 Å². The molecule has 0 bridgehead atoms. The van der Waals surface area contributed by atoms with Gasteiger partial charge in [0.15, 0.2) is 0 Å². The number of rotatable bonds is 4. The molecule has 9 heteroatoms. The molecule has 24 heavy (non-hydrogen) atoms. The number of urea groups is 1. The Morgan fingerprint density at radius 3 is 2.33 bits per heavy atom. The van der Waals surface area contributed by atoms with Crippen molar-refractivity contribution in [2.24, 2.45) is 5.73 Å². The zero-order valence-corrected chi connectivity index (χ0v) is 13.9. The first-order chi connectivity index (χ1) is 11.4. The zero-order valence-electron chi connectivity index (χ0n) is 13.9. The van der Waals surface area contributed by atoms with Crippen LogP contribution in [0.25, 0.3) is 0 Å². The molecule has 1 aromatic heterocycles. The van der Waals surface area contributed by atoms with E-state index in [2.05, 4.69) is 5.43 Å². The maximum Gasteiger partial charge on any atom is 0.340 e. The Balaban J connectivity index is 2.52. The quantitative estimate of drug-likeness (QED) is 0.699. The Bertz CT molecular complexity index is 661. The number of amides is 3. The number of anilines is 1. The number of hydrogen-bond acceptors (Lipinski definition) is 5. The highest BCUT2D eigenvalue weighted by atomic mass is 16.5. The number of carbonyl (C=O) groups excluding carboxylic acids is 3. The van der Waals surface area contributed by atoms with Crippen LogP contribution in [0.4, 0.5) is 10.6 Å². The number of nitrogen functional groups attached to an aromatic ring is 1. The van der Waals surface area contributed by atoms with E-state index in [-0.39, 0.29) is 29.5 Å². The van der Waals surface area contributed by atoms with Crippen molar-refractivity contribution in [3.8, 4) is 0 Å². The van der Waals surface area contributed by atoms with Crippen LogP contribution in [0.3, 0.4) is 0 Å². The largest absolute Gasteiger partial charge is 0.462 e. The minimum absolute atomic E-state index is 0.0371. The van der Waals surface area contributed by atoms with E-state index in [4.69, 9.17) is 16.2 Å². The summed E-state index contributed by atoms with van der Waals surface area (Å²) in [6, 6.07) is -0.854. The smallest absolute Gasteiger partial charge is 0.340 e. The lowest BCUT2D eigenvalue weighted by molar-refractivity contribution is 0.0517. The summed E-state index contributed by atoms with van der Waals surface area (Å²) in [5.41, 5.74) is 13.9. The molecule has 0 spiro atoms. The molecular weight excluding hydrogens is 314 g/mol. The van der Waals surface area contributed by atoms with Crippen LogP contribution in [0.15, 0.2) is 0 Å². The van der Waals surface area contributed by atoms with Gasteiger partial charge < -0.3 is 21.1 Å². The van der Waals surface area contributed by atoms with Crippen molar-refractivity contribution < 1.29 is 19.1 Å². The molecule has 132 valence electrons. The molecule has 2 rings (SSSR count). The SMILES string of the molecule is CCOC(=O)c1c(C(=O)N2CCCCC2)c(N)n(NC(N)=O)c1C. The monoisotopic (exact) mass is 337 g/mol. The number of nitrogens with two attached hydrogens (primary N) is 2. The number of carbonyl (C=O) groups is 3. The van der Waals surface area contributed by atoms with Gasteiger partial charge >= 0.3 is 12.0 Å². The summed E-state index contributed by atoms with van der Waals surface area (Å²) in [5, 5.41) is 0. The normalized spacial score (nSPS) is 14.3. The lowest BCUT2D eigenvalue weighted by atomic mass is 10.1. The van der Waals surface area contributed by atoms with Gasteiger partial charge in [0.25, 0.3) is 5.91 Å². The van der Waals surface area contributed by atoms with Crippen LogP contribution in [0.5, 0.6) is 0 Å². The molecule has 1 aliphatic rings. The van der Waals surface area contributed by atoms with Crippen molar-refractivity contribution in [3.63, 3.8) is 0 Å². The van der Waals surface area contributed by atoms with E-state index in [1.165, 1.54) is 0 Å². The fourth-order valence-electron chi connectivity index (χ4n) is 2.89. The molecule has 0 radical (unpaired) electrons. The number of esters is 1. The molecule has 0 aliphatic carbocycles. The first-order valence-corrected chi connectivity index (χ1v) is 7.92. The van der Waals surface area contributed by atoms with Gasteiger partial charge in [-0.05, 0) is 33.1 Å². The van der Waals surface area contributed by atoms with Gasteiger partial charge in [0.2, 0.25) is 0 Å². The summed E-state index contributed by atoms with van der Waals surface area (Å²) in [5.74, 6) is -1.04. The fraction of sp³-hybridized carbons (Fsp3) is 0.533. The molecule has 1 aliphatic heterocycles. The maximum atomic E-state index is 12.9. The van der Waals surface area contributed by atoms with Crippen LogP contribution >= 0.6 is 0 Å². The third kappa shape index (κ3) is 3.29. The highest BCUT2D eigenvalue weighted by Gasteiger charge is 2.32. The van der Waals surface area contributed by atoms with Crippen LogP contribution in [0.2, 0.25) is 0 Å². The average molecular weight is 337 g/mol. The van der Waals surface area contributed by atoms with Crippen LogP contribution in [-0.2, 0) is 4.74 Å². The van der Waals surface area contributed by atoms with Crippen LogP contribution in [0.1, 0.15) is 52.6 Å². The number of hydrogen-bond donors (Lipinski definition) is 3. The number of likely N-dealkylation sites (tertiary alicyclic amines) is 1. The molecule has 2 heterocycles. The second-order valence-electron chi connectivity index (χ2n) is 5.61. The van der Waals surface area contributed by atoms with Gasteiger partial charge in [0.1, 0.15) is 5.82 Å². The van der Waals surface area contributed by atoms with Crippen LogP contribution in [0, 0.1) is 6.92 Å². The number of aromatic nitrogens is 1. The molecule has 1 aromatic rings. The van der Waals surface area contributed by atoms with E-state index in [9.17, 15) is 14.4 Å². The standard InChI is InChI=1S/C15H23N5O4/c1-3-24-14(22)10-9(2)20(18-15(17)23)12(16)11(10)13(21)19-7-5-4-6-8-19/h3-8,16H2,1-2H3,(H3,17,18,23). The van der Waals surface area contributed by atoms with Gasteiger partial charge in [-0.15, -0.1) is 0 Å². The molecule has 0 unspecified atom stereocenters. The van der Waals surface area contributed by atoms with Gasteiger partial charge in [-0.25, -0.2) is 19.7 Å². The van der Waals surface area contributed by atoms with E-state index in [1.807, 2.05) is 0 Å². The molecule has 1 saturated heterocycles. The Hall–Kier alpha value is -2.71. The summed E-state index contributed by atoms with van der Waals surface area (Å²) >= 11 is 0. The van der Waals surface area contributed by atoms with Crippen molar-refractivity contribution >= 4 is 23.7 Å². The molecule has 0 saturated carbocycles. The summed E-state index contributed by atoms with van der Waals surface area (Å²) in [6.07, 6.45) is 2.87. The molecule has 9 nitrogen and oxygen atoms in total. The fourth-order valence-corrected chi connectivity index (χ4v) is 2.89. The summed E-state index contributed by atoms with van der Waals surface area (Å²) in [7, 11) is 0. The third-order valence-corrected chi connectivity index (χ3v) is 4.00. The van der Waals surface area contributed by atoms with Crippen molar-refractivity contribution in [3.05, 3.63) is 16.8 Å². The van der Waals surface area contributed by atoms with Crippen molar-refractivity contribution in [2.75, 3.05) is 30.9 Å². The molecule has 0 atom stereocenters. The Morgan fingerprint density at radius 2 is 1.79 bits per heavy atom.